The molecule has 3 aromatic rings. The van der Waals surface area contributed by atoms with Crippen LogP contribution in [-0.4, -0.2) is 35.1 Å². The van der Waals surface area contributed by atoms with Crippen LogP contribution in [0.5, 0.6) is 5.75 Å². The van der Waals surface area contributed by atoms with Crippen molar-refractivity contribution < 1.29 is 33.0 Å². The van der Waals surface area contributed by atoms with E-state index in [2.05, 4.69) is 4.74 Å². The third kappa shape index (κ3) is 4.17. The van der Waals surface area contributed by atoms with Crippen molar-refractivity contribution in [3.8, 4) is 5.75 Å². The highest BCUT2D eigenvalue weighted by molar-refractivity contribution is 6.39. The zero-order valence-corrected chi connectivity index (χ0v) is 16.3. The van der Waals surface area contributed by atoms with Crippen molar-refractivity contribution in [1.29, 1.82) is 0 Å². The number of methoxy groups -OCH3 is 1. The Labute approximate surface area is 170 Å². The maximum atomic E-state index is 14.1. The number of halogens is 2. The topological polar surface area (TPSA) is 77.8 Å². The van der Waals surface area contributed by atoms with E-state index in [4.69, 9.17) is 4.74 Å². The number of nitrogens with zero attached hydrogens (tertiary/aromatic N) is 1. The van der Waals surface area contributed by atoms with Crippen molar-refractivity contribution in [3.63, 3.8) is 0 Å². The maximum absolute atomic E-state index is 14.1. The lowest BCUT2D eigenvalue weighted by atomic mass is 10.1. The molecular formula is C22H19F2NO5. The first-order valence-corrected chi connectivity index (χ1v) is 9.07. The van der Waals surface area contributed by atoms with Crippen LogP contribution in [0.3, 0.4) is 0 Å². The minimum Gasteiger partial charge on any atom is -0.507 e. The summed E-state index contributed by atoms with van der Waals surface area (Å²) in [6.45, 7) is 1.54. The van der Waals surface area contributed by atoms with Gasteiger partial charge >= 0.3 is 5.97 Å². The molecule has 0 radical (unpaired) electrons. The fourth-order valence-corrected chi connectivity index (χ4v) is 3.13. The van der Waals surface area contributed by atoms with E-state index in [0.717, 1.165) is 24.3 Å². The lowest BCUT2D eigenvalue weighted by Gasteiger charge is -2.08. The first-order chi connectivity index (χ1) is 14.3. The number of aliphatic hydroxyl groups excluding tert-OH is 1. The number of rotatable bonds is 7. The molecule has 3 rings (SSSR count). The van der Waals surface area contributed by atoms with E-state index in [-0.39, 0.29) is 24.3 Å². The summed E-state index contributed by atoms with van der Waals surface area (Å²) in [5.74, 6) is -3.38. The Bertz CT molecular complexity index is 1150. The normalized spacial score (nSPS) is 11.5. The highest BCUT2D eigenvalue weighted by Crippen LogP contribution is 2.34. The van der Waals surface area contributed by atoms with Crippen LogP contribution in [0.2, 0.25) is 0 Å². The van der Waals surface area contributed by atoms with Gasteiger partial charge in [0.25, 0.3) is 5.78 Å². The molecule has 8 heteroatoms. The van der Waals surface area contributed by atoms with Crippen LogP contribution >= 0.6 is 0 Å². The molecule has 0 bridgehead atoms. The van der Waals surface area contributed by atoms with Gasteiger partial charge in [-0.05, 0) is 37.3 Å². The van der Waals surface area contributed by atoms with Gasteiger partial charge in [-0.15, -0.1) is 0 Å². The molecule has 6 nitrogen and oxygen atoms in total. The van der Waals surface area contributed by atoms with Crippen LogP contribution in [0.15, 0.2) is 48.7 Å². The number of esters is 1. The molecule has 0 aliphatic carbocycles. The second-order valence-electron chi connectivity index (χ2n) is 6.38. The van der Waals surface area contributed by atoms with Crippen LogP contribution in [0.4, 0.5) is 8.78 Å². The first-order valence-electron chi connectivity index (χ1n) is 9.07. The number of aliphatic hydroxyl groups is 1. The Morgan fingerprint density at radius 2 is 1.97 bits per heavy atom. The molecule has 0 atom stereocenters. The monoisotopic (exact) mass is 415 g/mol. The van der Waals surface area contributed by atoms with Gasteiger partial charge in [0.1, 0.15) is 23.1 Å². The SMILES string of the molecule is CCOC(=O)C(=O)C=C(O)c1cn(Cc2cc(F)ccc2F)c2cccc(OC)c12. The summed E-state index contributed by atoms with van der Waals surface area (Å²) in [6.07, 6.45) is 2.23. The maximum Gasteiger partial charge on any atom is 0.379 e. The summed E-state index contributed by atoms with van der Waals surface area (Å²) in [4.78, 5) is 23.5. The number of ether oxygens (including phenoxy) is 2. The van der Waals surface area contributed by atoms with E-state index in [1.165, 1.54) is 13.3 Å². The average molecular weight is 415 g/mol. The van der Waals surface area contributed by atoms with E-state index < -0.39 is 29.1 Å². The molecule has 0 aliphatic rings. The molecule has 0 unspecified atom stereocenters. The first kappa shape index (κ1) is 21.0. The molecule has 1 heterocycles. The van der Waals surface area contributed by atoms with Crippen molar-refractivity contribution >= 4 is 28.4 Å². The fraction of sp³-hybridized carbons (Fsp3) is 0.182. The van der Waals surface area contributed by atoms with Crippen LogP contribution in [0.25, 0.3) is 16.7 Å². The number of fused-ring (bicyclic) bond motifs is 1. The molecule has 0 fully saturated rings. The smallest absolute Gasteiger partial charge is 0.379 e. The van der Waals surface area contributed by atoms with Gasteiger partial charge in [-0.1, -0.05) is 6.07 Å². The summed E-state index contributed by atoms with van der Waals surface area (Å²) in [6, 6.07) is 8.21. The summed E-state index contributed by atoms with van der Waals surface area (Å²) < 4.78 is 39.3. The molecule has 0 amide bonds. The molecule has 156 valence electrons. The van der Waals surface area contributed by atoms with Gasteiger partial charge in [-0.25, -0.2) is 13.6 Å². The molecule has 0 saturated carbocycles. The third-order valence-electron chi connectivity index (χ3n) is 4.46. The van der Waals surface area contributed by atoms with Crippen molar-refractivity contribution in [2.45, 2.75) is 13.5 Å². The molecule has 0 spiro atoms. The van der Waals surface area contributed by atoms with Gasteiger partial charge in [0.2, 0.25) is 0 Å². The van der Waals surface area contributed by atoms with E-state index in [1.807, 2.05) is 0 Å². The highest BCUT2D eigenvalue weighted by Gasteiger charge is 2.20. The summed E-state index contributed by atoms with van der Waals surface area (Å²) in [7, 11) is 1.44. The van der Waals surface area contributed by atoms with Gasteiger partial charge in [0.15, 0.2) is 0 Å². The van der Waals surface area contributed by atoms with E-state index in [0.29, 0.717) is 16.7 Å². The van der Waals surface area contributed by atoms with Crippen molar-refractivity contribution in [3.05, 3.63) is 71.4 Å². The molecule has 0 aliphatic heterocycles. The zero-order valence-electron chi connectivity index (χ0n) is 16.3. The minimum atomic E-state index is -1.10. The molecule has 0 saturated heterocycles. The Balaban J connectivity index is 2.12. The van der Waals surface area contributed by atoms with Gasteiger partial charge in [-0.3, -0.25) is 4.79 Å². The number of carbonyl (C=O) groups is 2. The zero-order chi connectivity index (χ0) is 21.8. The summed E-state index contributed by atoms with van der Waals surface area (Å²) >= 11 is 0. The van der Waals surface area contributed by atoms with Crippen LogP contribution in [-0.2, 0) is 20.9 Å². The van der Waals surface area contributed by atoms with Crippen molar-refractivity contribution in [2.24, 2.45) is 0 Å². The standard InChI is InChI=1S/C22H19F2NO5/c1-3-30-22(28)19(27)10-18(26)15-12-25(11-13-9-14(23)7-8-16(13)24)17-5-4-6-20(29-2)21(15)17/h4-10,12,26H,3,11H2,1-2H3. The quantitative estimate of drug-likeness (QED) is 0.273. The van der Waals surface area contributed by atoms with Gasteiger partial charge in [-0.2, -0.15) is 0 Å². The Kier molecular flexibility index (Phi) is 6.15. The fourth-order valence-electron chi connectivity index (χ4n) is 3.13. The number of aromatic nitrogens is 1. The Morgan fingerprint density at radius 3 is 2.67 bits per heavy atom. The van der Waals surface area contributed by atoms with E-state index in [1.54, 1.807) is 29.7 Å². The summed E-state index contributed by atoms with van der Waals surface area (Å²) in [5.41, 5.74) is 0.848. The molecule has 1 N–H and O–H groups in total. The van der Waals surface area contributed by atoms with E-state index >= 15 is 0 Å². The molecule has 2 aromatic carbocycles. The second-order valence-corrected chi connectivity index (χ2v) is 6.38. The number of hydrogen-bond acceptors (Lipinski definition) is 5. The number of hydrogen-bond donors (Lipinski definition) is 1. The van der Waals surface area contributed by atoms with Gasteiger partial charge in [0.05, 0.1) is 31.2 Å². The molecular weight excluding hydrogens is 396 g/mol. The number of carbonyl (C=O) groups excluding carboxylic acids is 2. The number of ketones is 1. The van der Waals surface area contributed by atoms with E-state index in [9.17, 15) is 23.5 Å². The lowest BCUT2D eigenvalue weighted by Crippen LogP contribution is -2.15. The second kappa shape index (κ2) is 8.77. The van der Waals surface area contributed by atoms with Crippen molar-refractivity contribution in [1.82, 2.24) is 4.57 Å². The van der Waals surface area contributed by atoms with Crippen LogP contribution < -0.4 is 4.74 Å². The molecule has 30 heavy (non-hydrogen) atoms. The van der Waals surface area contributed by atoms with Crippen LogP contribution in [0.1, 0.15) is 18.1 Å². The largest absolute Gasteiger partial charge is 0.507 e. The Hall–Kier alpha value is -3.68. The van der Waals surface area contributed by atoms with Crippen molar-refractivity contribution in [2.75, 3.05) is 13.7 Å². The van der Waals surface area contributed by atoms with Gasteiger partial charge in [0, 0.05) is 23.4 Å². The van der Waals surface area contributed by atoms with Gasteiger partial charge < -0.3 is 19.1 Å². The predicted octanol–water partition coefficient (Wildman–Crippen LogP) is 4.01. The third-order valence-corrected chi connectivity index (χ3v) is 4.46. The molecule has 1 aromatic heterocycles. The Morgan fingerprint density at radius 1 is 1.20 bits per heavy atom. The number of benzene rings is 2. The lowest BCUT2D eigenvalue weighted by molar-refractivity contribution is -0.151. The van der Waals surface area contributed by atoms with Crippen LogP contribution in [0, 0.1) is 11.6 Å². The predicted molar refractivity (Wildman–Crippen MR) is 106 cm³/mol. The minimum absolute atomic E-state index is 0.0194. The highest BCUT2D eigenvalue weighted by atomic mass is 19.1. The summed E-state index contributed by atoms with van der Waals surface area (Å²) in [5, 5.41) is 11.0. The average Bonchev–Trinajstić information content (AvgIpc) is 3.09.